The topological polar surface area (TPSA) is 95.6 Å². The van der Waals surface area contributed by atoms with Crippen molar-refractivity contribution in [2.24, 2.45) is 0 Å². The molecule has 0 aromatic heterocycles. The van der Waals surface area contributed by atoms with E-state index in [-0.39, 0.29) is 30.0 Å². The van der Waals surface area contributed by atoms with Gasteiger partial charge in [0.25, 0.3) is 5.91 Å². The van der Waals surface area contributed by atoms with Crippen molar-refractivity contribution in [3.8, 4) is 5.75 Å². The molecule has 0 fully saturated rings. The van der Waals surface area contributed by atoms with Gasteiger partial charge in [-0.3, -0.25) is 4.79 Å². The first-order valence-electron chi connectivity index (χ1n) is 6.64. The fraction of sp³-hybridized carbons (Fsp3) is 0.188. The fourth-order valence-corrected chi connectivity index (χ4v) is 2.01. The summed E-state index contributed by atoms with van der Waals surface area (Å²) in [6.45, 7) is -0.165. The fourth-order valence-electron chi connectivity index (χ4n) is 2.01. The number of rotatable bonds is 5. The summed E-state index contributed by atoms with van der Waals surface area (Å²) in [4.78, 5) is 12.1. The summed E-state index contributed by atoms with van der Waals surface area (Å²) < 4.78 is 0. The van der Waals surface area contributed by atoms with E-state index in [1.54, 1.807) is 0 Å². The Labute approximate surface area is 123 Å². The standard InChI is InChI=1S/C16H18N2O3/c17-14-7-6-12(9-15(14)20)16(21)18-13(10-19)8-11-4-2-1-3-5-11/h1-7,9,13,19-20H,8,10,17H2,(H,18,21)/t13-/m1/s1. The lowest BCUT2D eigenvalue weighted by atomic mass is 10.1. The van der Waals surface area contributed by atoms with Crippen LogP contribution in [0.25, 0.3) is 0 Å². The van der Waals surface area contributed by atoms with Crippen LogP contribution in [0.15, 0.2) is 48.5 Å². The molecule has 110 valence electrons. The molecule has 2 aromatic carbocycles. The molecule has 5 heteroatoms. The van der Waals surface area contributed by atoms with E-state index in [1.807, 2.05) is 30.3 Å². The number of nitrogens with two attached hydrogens (primary N) is 1. The molecule has 0 bridgehead atoms. The number of phenols is 1. The van der Waals surface area contributed by atoms with Crippen molar-refractivity contribution in [3.05, 3.63) is 59.7 Å². The Kier molecular flexibility index (Phi) is 4.79. The summed E-state index contributed by atoms with van der Waals surface area (Å²) in [7, 11) is 0. The zero-order chi connectivity index (χ0) is 15.2. The van der Waals surface area contributed by atoms with Gasteiger partial charge in [0.1, 0.15) is 5.75 Å². The molecule has 0 unspecified atom stereocenters. The smallest absolute Gasteiger partial charge is 0.251 e. The summed E-state index contributed by atoms with van der Waals surface area (Å²) in [6.07, 6.45) is 0.532. The molecule has 2 rings (SSSR count). The molecule has 5 nitrogen and oxygen atoms in total. The zero-order valence-electron chi connectivity index (χ0n) is 11.5. The summed E-state index contributed by atoms with van der Waals surface area (Å²) in [5, 5.41) is 21.7. The van der Waals surface area contributed by atoms with Crippen LogP contribution in [0.2, 0.25) is 0 Å². The van der Waals surface area contributed by atoms with Gasteiger partial charge >= 0.3 is 0 Å². The summed E-state index contributed by atoms with van der Waals surface area (Å²) >= 11 is 0. The third-order valence-corrected chi connectivity index (χ3v) is 3.17. The van der Waals surface area contributed by atoms with Gasteiger partial charge in [-0.2, -0.15) is 0 Å². The van der Waals surface area contributed by atoms with Gasteiger partial charge in [-0.15, -0.1) is 0 Å². The van der Waals surface area contributed by atoms with Gasteiger partial charge in [0.15, 0.2) is 0 Å². The Morgan fingerprint density at radius 3 is 2.52 bits per heavy atom. The number of nitrogen functional groups attached to an aromatic ring is 1. The minimum Gasteiger partial charge on any atom is -0.506 e. The van der Waals surface area contributed by atoms with E-state index in [0.29, 0.717) is 12.0 Å². The monoisotopic (exact) mass is 286 g/mol. The van der Waals surface area contributed by atoms with Crippen molar-refractivity contribution in [2.75, 3.05) is 12.3 Å². The number of aromatic hydroxyl groups is 1. The Hall–Kier alpha value is -2.53. The van der Waals surface area contributed by atoms with E-state index in [2.05, 4.69) is 5.32 Å². The van der Waals surface area contributed by atoms with Crippen molar-refractivity contribution < 1.29 is 15.0 Å². The second-order valence-electron chi connectivity index (χ2n) is 4.82. The zero-order valence-corrected chi connectivity index (χ0v) is 11.5. The second-order valence-corrected chi connectivity index (χ2v) is 4.82. The van der Waals surface area contributed by atoms with Crippen molar-refractivity contribution >= 4 is 11.6 Å². The maximum absolute atomic E-state index is 12.1. The number of amides is 1. The molecule has 0 radical (unpaired) electrons. The van der Waals surface area contributed by atoms with Gasteiger partial charge in [0.2, 0.25) is 0 Å². The molecule has 0 heterocycles. The van der Waals surface area contributed by atoms with Crippen LogP contribution in [-0.2, 0) is 6.42 Å². The van der Waals surface area contributed by atoms with Crippen molar-refractivity contribution in [3.63, 3.8) is 0 Å². The molecule has 2 aromatic rings. The number of aliphatic hydroxyl groups is 1. The quantitative estimate of drug-likeness (QED) is 0.492. The van der Waals surface area contributed by atoms with Gasteiger partial charge in [0, 0.05) is 5.56 Å². The first-order chi connectivity index (χ1) is 10.1. The number of benzene rings is 2. The van der Waals surface area contributed by atoms with Crippen LogP contribution in [0.4, 0.5) is 5.69 Å². The number of hydrogen-bond donors (Lipinski definition) is 4. The van der Waals surface area contributed by atoms with E-state index in [9.17, 15) is 15.0 Å². The van der Waals surface area contributed by atoms with Crippen LogP contribution in [0.3, 0.4) is 0 Å². The number of carbonyl (C=O) groups is 1. The first kappa shape index (κ1) is 14.9. The predicted octanol–water partition coefficient (Wildman–Crippen LogP) is 1.31. The highest BCUT2D eigenvalue weighted by atomic mass is 16.3. The molecule has 0 aliphatic heterocycles. The van der Waals surface area contributed by atoms with E-state index < -0.39 is 0 Å². The predicted molar refractivity (Wildman–Crippen MR) is 81.0 cm³/mol. The molecular formula is C16H18N2O3. The summed E-state index contributed by atoms with van der Waals surface area (Å²) in [5.41, 5.74) is 7.04. The van der Waals surface area contributed by atoms with Gasteiger partial charge < -0.3 is 21.3 Å². The average Bonchev–Trinajstić information content (AvgIpc) is 2.50. The molecule has 1 atom stereocenters. The minimum atomic E-state index is -0.389. The van der Waals surface area contributed by atoms with Crippen molar-refractivity contribution in [1.29, 1.82) is 0 Å². The van der Waals surface area contributed by atoms with Crippen LogP contribution < -0.4 is 11.1 Å². The average molecular weight is 286 g/mol. The molecule has 5 N–H and O–H groups in total. The maximum Gasteiger partial charge on any atom is 0.251 e. The highest BCUT2D eigenvalue weighted by Gasteiger charge is 2.14. The molecule has 0 aliphatic carbocycles. The molecule has 21 heavy (non-hydrogen) atoms. The van der Waals surface area contributed by atoms with E-state index in [0.717, 1.165) is 5.56 Å². The van der Waals surface area contributed by atoms with Crippen LogP contribution in [0.1, 0.15) is 15.9 Å². The third kappa shape index (κ3) is 3.97. The van der Waals surface area contributed by atoms with Crippen molar-refractivity contribution in [1.82, 2.24) is 5.32 Å². The van der Waals surface area contributed by atoms with Crippen molar-refractivity contribution in [2.45, 2.75) is 12.5 Å². The van der Waals surface area contributed by atoms with Gasteiger partial charge in [-0.25, -0.2) is 0 Å². The van der Waals surface area contributed by atoms with Gasteiger partial charge in [0.05, 0.1) is 18.3 Å². The SMILES string of the molecule is Nc1ccc(C(=O)N[C@@H](CO)Cc2ccccc2)cc1O. The number of hydrogen-bond acceptors (Lipinski definition) is 4. The maximum atomic E-state index is 12.1. The van der Waals surface area contributed by atoms with E-state index >= 15 is 0 Å². The largest absolute Gasteiger partial charge is 0.506 e. The van der Waals surface area contributed by atoms with Crippen LogP contribution in [0.5, 0.6) is 5.75 Å². The van der Waals surface area contributed by atoms with Crippen LogP contribution in [0, 0.1) is 0 Å². The highest BCUT2D eigenvalue weighted by Crippen LogP contribution is 2.20. The molecule has 1 amide bonds. The summed E-state index contributed by atoms with van der Waals surface area (Å²) in [6, 6.07) is 13.5. The minimum absolute atomic E-state index is 0.133. The number of aliphatic hydroxyl groups excluding tert-OH is 1. The van der Waals surface area contributed by atoms with Crippen LogP contribution >= 0.6 is 0 Å². The highest BCUT2D eigenvalue weighted by molar-refractivity contribution is 5.95. The second kappa shape index (κ2) is 6.76. The lowest BCUT2D eigenvalue weighted by Gasteiger charge is -2.16. The molecular weight excluding hydrogens is 268 g/mol. The molecule has 0 spiro atoms. The number of nitrogens with one attached hydrogen (secondary N) is 1. The summed E-state index contributed by atoms with van der Waals surface area (Å²) in [5.74, 6) is -0.494. The number of carbonyl (C=O) groups excluding carboxylic acids is 1. The Bertz CT molecular complexity index is 614. The molecule has 0 saturated heterocycles. The Morgan fingerprint density at radius 1 is 1.19 bits per heavy atom. The van der Waals surface area contributed by atoms with Gasteiger partial charge in [-0.1, -0.05) is 30.3 Å². The van der Waals surface area contributed by atoms with E-state index in [1.165, 1.54) is 18.2 Å². The van der Waals surface area contributed by atoms with Crippen LogP contribution in [-0.4, -0.2) is 28.8 Å². The Balaban J connectivity index is 2.04. The number of phenolic OH excluding ortho intramolecular Hbond substituents is 1. The third-order valence-electron chi connectivity index (χ3n) is 3.17. The van der Waals surface area contributed by atoms with Gasteiger partial charge in [-0.05, 0) is 30.2 Å². The lowest BCUT2D eigenvalue weighted by molar-refractivity contribution is 0.0916. The number of anilines is 1. The first-order valence-corrected chi connectivity index (χ1v) is 6.64. The Morgan fingerprint density at radius 2 is 1.90 bits per heavy atom. The lowest BCUT2D eigenvalue weighted by Crippen LogP contribution is -2.39. The molecule has 0 saturated carbocycles. The normalized spacial score (nSPS) is 11.9. The van der Waals surface area contributed by atoms with E-state index in [4.69, 9.17) is 5.73 Å². The molecule has 0 aliphatic rings.